The molecular weight excluding hydrogens is 482 g/mol. The summed E-state index contributed by atoms with van der Waals surface area (Å²) < 4.78 is 0. The summed E-state index contributed by atoms with van der Waals surface area (Å²) in [6.07, 6.45) is 8.49. The molecule has 1 amide bonds. The molecule has 2 aliphatic heterocycles. The van der Waals surface area contributed by atoms with Gasteiger partial charge in [-0.3, -0.25) is 14.8 Å². The summed E-state index contributed by atoms with van der Waals surface area (Å²) in [4.78, 5) is 30.6. The van der Waals surface area contributed by atoms with Gasteiger partial charge in [-0.25, -0.2) is 4.98 Å². The maximum atomic E-state index is 13.1. The molecular formula is C28H31N7OS. The number of anilines is 2. The molecule has 2 aliphatic rings. The molecule has 2 atom stereocenters. The number of carbonyl (C=O) groups excluding carboxylic acids is 1. The van der Waals surface area contributed by atoms with Crippen LogP contribution >= 0.6 is 11.3 Å². The van der Waals surface area contributed by atoms with Crippen LogP contribution in [0, 0.1) is 6.92 Å². The monoisotopic (exact) mass is 513 g/mol. The summed E-state index contributed by atoms with van der Waals surface area (Å²) in [5, 5.41) is 11.0. The quantitative estimate of drug-likeness (QED) is 0.344. The number of fused-ring (bicyclic) bond motifs is 3. The van der Waals surface area contributed by atoms with Gasteiger partial charge in [0.15, 0.2) is 0 Å². The minimum atomic E-state index is -0.0768. The molecule has 6 rings (SSSR count). The van der Waals surface area contributed by atoms with Gasteiger partial charge in [0, 0.05) is 73.5 Å². The Morgan fingerprint density at radius 3 is 2.76 bits per heavy atom. The number of amides is 1. The average Bonchev–Trinajstić information content (AvgIpc) is 3.46. The van der Waals surface area contributed by atoms with Gasteiger partial charge in [0.25, 0.3) is 5.91 Å². The first kappa shape index (κ1) is 23.8. The van der Waals surface area contributed by atoms with Gasteiger partial charge in [0.2, 0.25) is 0 Å². The van der Waals surface area contributed by atoms with Crippen LogP contribution in [0.5, 0.6) is 0 Å². The van der Waals surface area contributed by atoms with Crippen molar-refractivity contribution in [2.45, 2.75) is 38.3 Å². The number of thiophene rings is 1. The van der Waals surface area contributed by atoms with Crippen LogP contribution in [0.3, 0.4) is 0 Å². The first-order chi connectivity index (χ1) is 18.1. The van der Waals surface area contributed by atoms with Gasteiger partial charge in [-0.1, -0.05) is 6.07 Å². The highest BCUT2D eigenvalue weighted by molar-refractivity contribution is 7.21. The van der Waals surface area contributed by atoms with Crippen LogP contribution in [0.15, 0.2) is 48.9 Å². The van der Waals surface area contributed by atoms with Crippen molar-refractivity contribution in [2.75, 3.05) is 36.9 Å². The summed E-state index contributed by atoms with van der Waals surface area (Å²) in [5.74, 6) is -0.0768. The average molecular weight is 514 g/mol. The van der Waals surface area contributed by atoms with Crippen molar-refractivity contribution >= 4 is 38.8 Å². The summed E-state index contributed by atoms with van der Waals surface area (Å²) in [6.45, 7) is 4.53. The topological polar surface area (TPSA) is 95.1 Å². The number of piperazine rings is 1. The fourth-order valence-electron chi connectivity index (χ4n) is 5.53. The van der Waals surface area contributed by atoms with Crippen LogP contribution in [0.25, 0.3) is 21.5 Å². The third kappa shape index (κ3) is 4.76. The van der Waals surface area contributed by atoms with Gasteiger partial charge in [-0.05, 0) is 56.0 Å². The number of nitrogens with zero attached hydrogens (tertiary/aromatic N) is 4. The Morgan fingerprint density at radius 2 is 2.00 bits per heavy atom. The van der Waals surface area contributed by atoms with Crippen LogP contribution in [-0.2, 0) is 6.42 Å². The fraction of sp³-hybridized carbons (Fsp3) is 0.357. The lowest BCUT2D eigenvalue weighted by molar-refractivity contribution is 0.0959. The lowest BCUT2D eigenvalue weighted by Crippen LogP contribution is -2.51. The first-order valence-corrected chi connectivity index (χ1v) is 13.7. The molecule has 2 unspecified atom stereocenters. The molecule has 0 radical (unpaired) electrons. The zero-order valence-corrected chi connectivity index (χ0v) is 21.9. The molecule has 3 N–H and O–H groups in total. The first-order valence-electron chi connectivity index (χ1n) is 12.9. The highest BCUT2D eigenvalue weighted by atomic mass is 32.1. The molecule has 9 heteroatoms. The zero-order valence-electron chi connectivity index (χ0n) is 21.1. The Balaban J connectivity index is 1.20. The predicted octanol–water partition coefficient (Wildman–Crippen LogP) is 4.02. The fourth-order valence-corrected chi connectivity index (χ4v) is 6.67. The van der Waals surface area contributed by atoms with Gasteiger partial charge >= 0.3 is 0 Å². The van der Waals surface area contributed by atoms with E-state index in [0.29, 0.717) is 23.5 Å². The highest BCUT2D eigenvalue weighted by Crippen LogP contribution is 2.35. The molecule has 5 heterocycles. The van der Waals surface area contributed by atoms with Gasteiger partial charge in [-0.15, -0.1) is 11.3 Å². The van der Waals surface area contributed by atoms with Crippen molar-refractivity contribution in [3.8, 4) is 11.3 Å². The Bertz CT molecular complexity index is 1430. The maximum absolute atomic E-state index is 13.1. The van der Waals surface area contributed by atoms with E-state index in [1.807, 2.05) is 32.3 Å². The van der Waals surface area contributed by atoms with Crippen molar-refractivity contribution in [1.29, 1.82) is 0 Å². The van der Waals surface area contributed by atoms with Crippen LogP contribution in [0.2, 0.25) is 0 Å². The lowest BCUT2D eigenvalue weighted by Gasteiger charge is -2.35. The van der Waals surface area contributed by atoms with Crippen LogP contribution in [0.4, 0.5) is 11.4 Å². The van der Waals surface area contributed by atoms with Gasteiger partial charge in [0.05, 0.1) is 17.6 Å². The molecule has 37 heavy (non-hydrogen) atoms. The molecule has 2 bridgehead atoms. The number of rotatable bonds is 7. The maximum Gasteiger partial charge on any atom is 0.263 e. The van der Waals surface area contributed by atoms with Crippen molar-refractivity contribution < 1.29 is 4.79 Å². The van der Waals surface area contributed by atoms with Crippen LogP contribution in [0.1, 0.15) is 33.8 Å². The number of pyridine rings is 1. The molecule has 3 aromatic heterocycles. The number of nitrogens with one attached hydrogen (secondary N) is 3. The standard InChI is InChI=1S/C28H31N7OS/c1-17-3-7-21-25(29-2)26(37-28(21)33-17)27(36)32-10-9-18-4-8-24(22(13-18)23-14-30-11-12-31-23)35-15-19-5-6-20(16-35)34-19/h3-4,7-8,11-14,19-20,29,34H,5-6,9-10,15-16H2,1-2H3,(H,32,36). The summed E-state index contributed by atoms with van der Waals surface area (Å²) in [5.41, 5.74) is 6.12. The molecule has 190 valence electrons. The van der Waals surface area contributed by atoms with Crippen molar-refractivity contribution in [2.24, 2.45) is 0 Å². The summed E-state index contributed by atoms with van der Waals surface area (Å²) in [7, 11) is 1.84. The van der Waals surface area contributed by atoms with Gasteiger partial charge < -0.3 is 20.9 Å². The third-order valence-electron chi connectivity index (χ3n) is 7.31. The van der Waals surface area contributed by atoms with Crippen molar-refractivity contribution in [1.82, 2.24) is 25.6 Å². The molecule has 8 nitrogen and oxygen atoms in total. The van der Waals surface area contributed by atoms with Crippen LogP contribution in [-0.4, -0.2) is 59.6 Å². The van der Waals surface area contributed by atoms with Crippen molar-refractivity contribution in [3.05, 3.63) is 65.1 Å². The minimum Gasteiger partial charge on any atom is -0.386 e. The van der Waals surface area contributed by atoms with E-state index in [9.17, 15) is 4.79 Å². The normalized spacial score (nSPS) is 18.8. The minimum absolute atomic E-state index is 0.0768. The van der Waals surface area contributed by atoms with E-state index >= 15 is 0 Å². The van der Waals surface area contributed by atoms with E-state index < -0.39 is 0 Å². The number of aromatic nitrogens is 3. The Morgan fingerprint density at radius 1 is 1.16 bits per heavy atom. The van der Waals surface area contributed by atoms with E-state index in [-0.39, 0.29) is 5.91 Å². The summed E-state index contributed by atoms with van der Waals surface area (Å²) in [6, 6.07) is 11.7. The van der Waals surface area contributed by atoms with Gasteiger partial charge in [-0.2, -0.15) is 0 Å². The Kier molecular flexibility index (Phi) is 6.48. The number of hydrogen-bond acceptors (Lipinski definition) is 8. The largest absolute Gasteiger partial charge is 0.386 e. The molecule has 2 fully saturated rings. The number of hydrogen-bond donors (Lipinski definition) is 3. The SMILES string of the molecule is CNc1c(C(=O)NCCc2ccc(N3CC4CCC(C3)N4)c(-c3cnccn3)c2)sc2nc(C)ccc12. The highest BCUT2D eigenvalue weighted by Gasteiger charge is 2.33. The molecule has 0 aliphatic carbocycles. The second kappa shape index (κ2) is 10.1. The van der Waals surface area contributed by atoms with E-state index in [0.717, 1.165) is 57.9 Å². The van der Waals surface area contributed by atoms with Gasteiger partial charge in [0.1, 0.15) is 9.71 Å². The lowest BCUT2D eigenvalue weighted by atomic mass is 10.0. The smallest absolute Gasteiger partial charge is 0.263 e. The molecule has 1 aromatic carbocycles. The molecule has 0 spiro atoms. The third-order valence-corrected chi connectivity index (χ3v) is 8.41. The predicted molar refractivity (Wildman–Crippen MR) is 150 cm³/mol. The summed E-state index contributed by atoms with van der Waals surface area (Å²) >= 11 is 1.43. The van der Waals surface area contributed by atoms with E-state index in [2.05, 4.69) is 54.0 Å². The molecule has 0 saturated carbocycles. The number of benzene rings is 1. The number of aryl methyl sites for hydroxylation is 1. The molecule has 4 aromatic rings. The Labute approximate surface area is 220 Å². The second-order valence-electron chi connectivity index (χ2n) is 9.85. The molecule has 2 saturated heterocycles. The van der Waals surface area contributed by atoms with E-state index in [1.165, 1.54) is 29.9 Å². The Hall–Kier alpha value is -3.56. The number of carbonyl (C=O) groups is 1. The van der Waals surface area contributed by atoms with Crippen LogP contribution < -0.4 is 20.9 Å². The zero-order chi connectivity index (χ0) is 25.4. The van der Waals surface area contributed by atoms with E-state index in [1.54, 1.807) is 12.4 Å². The van der Waals surface area contributed by atoms with E-state index in [4.69, 9.17) is 0 Å². The van der Waals surface area contributed by atoms with Crippen molar-refractivity contribution in [3.63, 3.8) is 0 Å². The second-order valence-corrected chi connectivity index (χ2v) is 10.9.